The second kappa shape index (κ2) is 9.21. The van der Waals surface area contributed by atoms with Gasteiger partial charge in [0.25, 0.3) is 5.92 Å². The first-order chi connectivity index (χ1) is 17.4. The highest BCUT2D eigenvalue weighted by Gasteiger charge is 2.44. The Morgan fingerprint density at radius 2 is 1.67 bits per heavy atom. The van der Waals surface area contributed by atoms with Crippen LogP contribution in [-0.4, -0.2) is 58.1 Å². The first-order valence-electron chi connectivity index (χ1n) is 12.6. The van der Waals surface area contributed by atoms with Crippen molar-refractivity contribution in [2.24, 2.45) is 5.41 Å². The molecule has 0 bridgehead atoms. The molecule has 1 aromatic carbocycles. The van der Waals surface area contributed by atoms with Crippen molar-refractivity contribution in [3.63, 3.8) is 0 Å². The molecule has 36 heavy (non-hydrogen) atoms. The highest BCUT2D eigenvalue weighted by Crippen LogP contribution is 2.54. The fraction of sp³-hybridized carbons (Fsp3) is 0.500. The van der Waals surface area contributed by atoms with E-state index < -0.39 is 5.92 Å². The van der Waals surface area contributed by atoms with Crippen LogP contribution < -0.4 is 14.5 Å². The summed E-state index contributed by atoms with van der Waals surface area (Å²) in [6.07, 6.45) is 12.4. The normalized spacial score (nSPS) is 20.5. The molecule has 2 aliphatic heterocycles. The quantitative estimate of drug-likeness (QED) is 0.430. The predicted octanol–water partition coefficient (Wildman–Crippen LogP) is 5.64. The number of anilines is 3. The van der Waals surface area contributed by atoms with Crippen molar-refractivity contribution in [3.8, 4) is 17.1 Å². The summed E-state index contributed by atoms with van der Waals surface area (Å²) in [5, 5.41) is 4.67. The average Bonchev–Trinajstić information content (AvgIpc) is 3.45. The molecule has 6 rings (SSSR count). The molecule has 1 aliphatic carbocycles. The lowest BCUT2D eigenvalue weighted by atomic mass is 9.93. The van der Waals surface area contributed by atoms with E-state index >= 15 is 0 Å². The number of benzene rings is 1. The maximum Gasteiger partial charge on any atom is 0.251 e. The first kappa shape index (κ1) is 23.5. The minimum absolute atomic E-state index is 0.147. The van der Waals surface area contributed by atoms with Gasteiger partial charge in [-0.25, -0.2) is 23.4 Å². The lowest BCUT2D eigenvalue weighted by molar-refractivity contribution is -0.0221. The molecule has 4 heterocycles. The van der Waals surface area contributed by atoms with Crippen LogP contribution in [0, 0.1) is 5.41 Å². The fourth-order valence-corrected chi connectivity index (χ4v) is 5.71. The number of nitrogens with one attached hydrogen (secondary N) is 1. The summed E-state index contributed by atoms with van der Waals surface area (Å²) in [6, 6.07) is 8.18. The van der Waals surface area contributed by atoms with Crippen molar-refractivity contribution >= 4 is 29.1 Å². The van der Waals surface area contributed by atoms with Gasteiger partial charge in [-0.2, -0.15) is 5.10 Å². The zero-order chi connectivity index (χ0) is 24.8. The Labute approximate surface area is 214 Å². The molecule has 3 aromatic rings. The van der Waals surface area contributed by atoms with Crippen LogP contribution in [-0.2, 0) is 0 Å². The van der Waals surface area contributed by atoms with Gasteiger partial charge >= 0.3 is 0 Å². The van der Waals surface area contributed by atoms with Gasteiger partial charge in [0, 0.05) is 63.4 Å². The molecule has 7 nitrogen and oxygen atoms in total. The van der Waals surface area contributed by atoms with Gasteiger partial charge in [-0.05, 0) is 55.4 Å². The summed E-state index contributed by atoms with van der Waals surface area (Å²) < 4.78 is 32.4. The molecule has 1 saturated carbocycles. The smallest absolute Gasteiger partial charge is 0.251 e. The van der Waals surface area contributed by atoms with Crippen LogP contribution >= 0.6 is 11.9 Å². The number of piperidine rings is 2. The van der Waals surface area contributed by atoms with Crippen LogP contribution in [0.15, 0.2) is 42.9 Å². The molecule has 3 fully saturated rings. The number of rotatable bonds is 6. The third-order valence-corrected chi connectivity index (χ3v) is 8.30. The second-order valence-electron chi connectivity index (χ2n) is 10.3. The molecule has 3 aliphatic rings. The SMILES string of the molecule is CSNc1ccc(-n2cc(-c3nccc(N4CCC(F)(F)CC4)n3)cn2)c(N2CCC3(CC2)CC3)c1. The third kappa shape index (κ3) is 4.75. The molecule has 0 atom stereocenters. The summed E-state index contributed by atoms with van der Waals surface area (Å²) in [6.45, 7) is 2.70. The van der Waals surface area contributed by atoms with Gasteiger partial charge in [-0.1, -0.05) is 11.9 Å². The molecule has 0 amide bonds. The zero-order valence-corrected chi connectivity index (χ0v) is 21.3. The maximum atomic E-state index is 13.6. The molecule has 0 unspecified atom stereocenters. The van der Waals surface area contributed by atoms with Gasteiger partial charge in [0.05, 0.1) is 23.1 Å². The number of hydrogen-bond donors (Lipinski definition) is 1. The number of nitrogens with zero attached hydrogens (tertiary/aromatic N) is 6. The zero-order valence-electron chi connectivity index (χ0n) is 20.5. The molecule has 10 heteroatoms. The summed E-state index contributed by atoms with van der Waals surface area (Å²) in [7, 11) is 0. The Bertz CT molecular complexity index is 1220. The van der Waals surface area contributed by atoms with E-state index in [0.717, 1.165) is 30.0 Å². The Morgan fingerprint density at radius 3 is 2.39 bits per heavy atom. The van der Waals surface area contributed by atoms with Crippen molar-refractivity contribution in [1.82, 2.24) is 19.7 Å². The van der Waals surface area contributed by atoms with E-state index in [-0.39, 0.29) is 12.8 Å². The molecule has 0 radical (unpaired) electrons. The summed E-state index contributed by atoms with van der Waals surface area (Å²) in [4.78, 5) is 13.5. The van der Waals surface area contributed by atoms with Crippen LogP contribution in [0.3, 0.4) is 0 Å². The van der Waals surface area contributed by atoms with Gasteiger partial charge in [0.15, 0.2) is 5.82 Å². The predicted molar refractivity (Wildman–Crippen MR) is 141 cm³/mol. The number of alkyl halides is 2. The molecule has 2 saturated heterocycles. The van der Waals surface area contributed by atoms with Crippen molar-refractivity contribution in [2.75, 3.05) is 47.0 Å². The van der Waals surface area contributed by atoms with E-state index in [9.17, 15) is 8.78 Å². The number of hydrogen-bond acceptors (Lipinski definition) is 7. The molecule has 1 spiro atoms. The van der Waals surface area contributed by atoms with Crippen molar-refractivity contribution < 1.29 is 8.78 Å². The van der Waals surface area contributed by atoms with Crippen LogP contribution in [0.2, 0.25) is 0 Å². The summed E-state index contributed by atoms with van der Waals surface area (Å²) in [5.74, 6) is -1.36. The van der Waals surface area contributed by atoms with Crippen LogP contribution in [0.4, 0.5) is 26.0 Å². The van der Waals surface area contributed by atoms with Crippen molar-refractivity contribution in [2.45, 2.75) is 44.4 Å². The average molecular weight is 512 g/mol. The van der Waals surface area contributed by atoms with E-state index in [1.807, 2.05) is 22.0 Å². The maximum absolute atomic E-state index is 13.6. The van der Waals surface area contributed by atoms with Gasteiger partial charge in [-0.3, -0.25) is 0 Å². The largest absolute Gasteiger partial charge is 0.370 e. The Kier molecular flexibility index (Phi) is 6.02. The van der Waals surface area contributed by atoms with Crippen LogP contribution in [0.1, 0.15) is 38.5 Å². The number of halogens is 2. The highest BCUT2D eigenvalue weighted by molar-refractivity contribution is 7.99. The second-order valence-corrected chi connectivity index (χ2v) is 10.9. The topological polar surface area (TPSA) is 62.1 Å². The van der Waals surface area contributed by atoms with Crippen LogP contribution in [0.25, 0.3) is 17.1 Å². The Morgan fingerprint density at radius 1 is 0.917 bits per heavy atom. The number of aromatic nitrogens is 4. The summed E-state index contributed by atoms with van der Waals surface area (Å²) >= 11 is 1.58. The van der Waals surface area contributed by atoms with Crippen molar-refractivity contribution in [1.29, 1.82) is 0 Å². The van der Waals surface area contributed by atoms with E-state index in [2.05, 4.69) is 42.9 Å². The minimum atomic E-state index is -2.58. The molecular formula is C26H31F2N7S. The fourth-order valence-electron chi connectivity index (χ4n) is 5.35. The van der Waals surface area contributed by atoms with Gasteiger partial charge < -0.3 is 14.5 Å². The van der Waals surface area contributed by atoms with Gasteiger partial charge in [0.1, 0.15) is 5.82 Å². The lowest BCUT2D eigenvalue weighted by Crippen LogP contribution is -2.39. The minimum Gasteiger partial charge on any atom is -0.370 e. The van der Waals surface area contributed by atoms with E-state index in [1.165, 1.54) is 31.4 Å². The van der Waals surface area contributed by atoms with Crippen LogP contribution in [0.5, 0.6) is 0 Å². The first-order valence-corrected chi connectivity index (χ1v) is 13.9. The lowest BCUT2D eigenvalue weighted by Gasteiger charge is -2.35. The molecular weight excluding hydrogens is 480 g/mol. The van der Waals surface area contributed by atoms with E-state index in [0.29, 0.717) is 30.1 Å². The molecule has 190 valence electrons. The monoisotopic (exact) mass is 511 g/mol. The Balaban J connectivity index is 1.26. The molecule has 2 aromatic heterocycles. The van der Waals surface area contributed by atoms with E-state index in [1.54, 1.807) is 30.4 Å². The Hall–Kier alpha value is -2.88. The highest BCUT2D eigenvalue weighted by atomic mass is 32.2. The standard InChI is InChI=1S/C26H31F2N7S/c1-36-32-20-2-3-21(22(16-20)33-12-7-25(5-6-25)8-13-33)35-18-19(17-30-35)24-29-11-4-23(31-24)34-14-9-26(27,28)10-15-34/h2-4,11,16-18,32H,5-10,12-15H2,1H3. The van der Waals surface area contributed by atoms with Gasteiger partial charge in [-0.15, -0.1) is 0 Å². The van der Waals surface area contributed by atoms with E-state index in [4.69, 9.17) is 0 Å². The molecule has 1 N–H and O–H groups in total. The van der Waals surface area contributed by atoms with Gasteiger partial charge in [0.2, 0.25) is 0 Å². The van der Waals surface area contributed by atoms with Crippen molar-refractivity contribution in [3.05, 3.63) is 42.9 Å². The summed E-state index contributed by atoms with van der Waals surface area (Å²) in [5.41, 5.74) is 4.67. The third-order valence-electron chi connectivity index (χ3n) is 7.86.